The van der Waals surface area contributed by atoms with E-state index in [9.17, 15) is 8.42 Å². The second-order valence-corrected chi connectivity index (χ2v) is 5.42. The molecule has 19 heavy (non-hydrogen) atoms. The van der Waals surface area contributed by atoms with Crippen LogP contribution in [0.25, 0.3) is 10.9 Å². The molecule has 2 N–H and O–H groups in total. The number of hydrogen-bond acceptors (Lipinski definition) is 5. The van der Waals surface area contributed by atoms with Crippen LogP contribution in [0.4, 0.5) is 5.95 Å². The number of sulfonamides is 1. The van der Waals surface area contributed by atoms with Crippen molar-refractivity contribution in [3.8, 4) is 0 Å². The molecule has 3 rings (SSSR count). The molecule has 2 heterocycles. The highest BCUT2D eigenvalue weighted by atomic mass is 32.2. The van der Waals surface area contributed by atoms with Crippen LogP contribution in [0, 0.1) is 0 Å². The van der Waals surface area contributed by atoms with Gasteiger partial charge >= 0.3 is 0 Å². The first-order valence-electron chi connectivity index (χ1n) is 5.39. The summed E-state index contributed by atoms with van der Waals surface area (Å²) in [5.41, 5.74) is 0.614. The third kappa shape index (κ3) is 2.13. The minimum absolute atomic E-state index is 0.0703. The first kappa shape index (κ1) is 11.6. The molecule has 0 saturated carbocycles. The average Bonchev–Trinajstić information content (AvgIpc) is 2.90. The Balaban J connectivity index is 2.13. The minimum atomic E-state index is -3.73. The van der Waals surface area contributed by atoms with Crippen LogP contribution in [0.2, 0.25) is 0 Å². The van der Waals surface area contributed by atoms with Crippen LogP contribution in [-0.2, 0) is 10.0 Å². The number of hydrogen-bond donors (Lipinski definition) is 2. The molecule has 0 fully saturated rings. The lowest BCUT2D eigenvalue weighted by Crippen LogP contribution is -2.14. The lowest BCUT2D eigenvalue weighted by atomic mass is 10.2. The maximum Gasteiger partial charge on any atom is 0.264 e. The van der Waals surface area contributed by atoms with E-state index in [1.54, 1.807) is 30.5 Å². The number of pyridine rings is 1. The summed E-state index contributed by atoms with van der Waals surface area (Å²) >= 11 is 0. The maximum atomic E-state index is 12.3. The van der Waals surface area contributed by atoms with E-state index >= 15 is 0 Å². The van der Waals surface area contributed by atoms with Crippen LogP contribution >= 0.6 is 0 Å². The van der Waals surface area contributed by atoms with Crippen molar-refractivity contribution in [2.75, 3.05) is 4.72 Å². The number of nitrogens with one attached hydrogen (secondary N) is 2. The Bertz CT molecular complexity index is 809. The fourth-order valence-corrected chi connectivity index (χ4v) is 2.93. The zero-order valence-electron chi connectivity index (χ0n) is 9.61. The van der Waals surface area contributed by atoms with Crippen molar-refractivity contribution in [3.05, 3.63) is 42.9 Å². The molecule has 0 atom stereocenters. The van der Waals surface area contributed by atoms with Gasteiger partial charge in [-0.15, -0.1) is 0 Å². The topological polar surface area (TPSA) is 101 Å². The van der Waals surface area contributed by atoms with Gasteiger partial charge in [0.25, 0.3) is 10.0 Å². The smallest absolute Gasteiger partial charge is 0.256 e. The Hall–Kier alpha value is -2.48. The molecule has 0 amide bonds. The molecule has 8 heteroatoms. The molecule has 0 unspecified atom stereocenters. The van der Waals surface area contributed by atoms with E-state index in [0.29, 0.717) is 10.9 Å². The summed E-state index contributed by atoms with van der Waals surface area (Å²) in [6.07, 6.45) is 2.84. The van der Waals surface area contributed by atoms with Gasteiger partial charge in [-0.1, -0.05) is 6.07 Å². The van der Waals surface area contributed by atoms with Crippen LogP contribution in [0.3, 0.4) is 0 Å². The maximum absolute atomic E-state index is 12.3. The number of benzene rings is 1. The molecule has 96 valence electrons. The molecular formula is C11H9N5O2S. The van der Waals surface area contributed by atoms with Crippen molar-refractivity contribution in [2.45, 2.75) is 4.90 Å². The third-order valence-corrected chi connectivity index (χ3v) is 3.94. The highest BCUT2D eigenvalue weighted by molar-refractivity contribution is 7.93. The summed E-state index contributed by atoms with van der Waals surface area (Å²) in [6.45, 7) is 0. The van der Waals surface area contributed by atoms with Crippen molar-refractivity contribution in [1.29, 1.82) is 0 Å². The molecule has 2 aromatic heterocycles. The molecule has 0 bridgehead atoms. The summed E-state index contributed by atoms with van der Waals surface area (Å²) in [6, 6.07) is 8.31. The fraction of sp³-hybridized carbons (Fsp3) is 0. The van der Waals surface area contributed by atoms with Crippen LogP contribution in [0.1, 0.15) is 0 Å². The van der Waals surface area contributed by atoms with Crippen LogP contribution in [0.5, 0.6) is 0 Å². The van der Waals surface area contributed by atoms with Gasteiger partial charge in [-0.05, 0) is 24.3 Å². The van der Waals surface area contributed by atoms with E-state index in [-0.39, 0.29) is 10.8 Å². The van der Waals surface area contributed by atoms with Gasteiger partial charge in [-0.2, -0.15) is 10.1 Å². The van der Waals surface area contributed by atoms with Crippen molar-refractivity contribution in [1.82, 2.24) is 20.2 Å². The predicted molar refractivity (Wildman–Crippen MR) is 68.9 cm³/mol. The number of rotatable bonds is 3. The molecule has 0 aliphatic rings. The number of aromatic amines is 1. The minimum Gasteiger partial charge on any atom is -0.256 e. The summed E-state index contributed by atoms with van der Waals surface area (Å²) in [5, 5.41) is 6.58. The summed E-state index contributed by atoms with van der Waals surface area (Å²) < 4.78 is 26.9. The van der Waals surface area contributed by atoms with Gasteiger partial charge in [-0.25, -0.2) is 18.2 Å². The van der Waals surface area contributed by atoms with E-state index in [4.69, 9.17) is 0 Å². The fourth-order valence-electron chi connectivity index (χ4n) is 1.75. The molecule has 7 nitrogen and oxygen atoms in total. The Morgan fingerprint density at radius 2 is 2.00 bits per heavy atom. The average molecular weight is 275 g/mol. The largest absolute Gasteiger partial charge is 0.264 e. The number of anilines is 1. The zero-order chi connectivity index (χ0) is 13.3. The van der Waals surface area contributed by atoms with Gasteiger partial charge in [-0.3, -0.25) is 4.98 Å². The lowest BCUT2D eigenvalue weighted by Gasteiger charge is -2.07. The Kier molecular flexibility index (Phi) is 2.64. The molecule has 0 saturated heterocycles. The number of fused-ring (bicyclic) bond motifs is 1. The van der Waals surface area contributed by atoms with Crippen LogP contribution in [0.15, 0.2) is 47.8 Å². The quantitative estimate of drug-likeness (QED) is 0.746. The Labute approximate surface area is 108 Å². The second kappa shape index (κ2) is 4.32. The Morgan fingerprint density at radius 3 is 2.79 bits per heavy atom. The van der Waals surface area contributed by atoms with Gasteiger partial charge in [0.1, 0.15) is 6.33 Å². The molecule has 0 spiro atoms. The molecular weight excluding hydrogens is 266 g/mol. The van der Waals surface area contributed by atoms with Crippen molar-refractivity contribution < 1.29 is 8.42 Å². The summed E-state index contributed by atoms with van der Waals surface area (Å²) in [4.78, 5) is 8.01. The molecule has 0 radical (unpaired) electrons. The molecule has 0 aliphatic heterocycles. The highest BCUT2D eigenvalue weighted by Gasteiger charge is 2.18. The van der Waals surface area contributed by atoms with Crippen molar-refractivity contribution in [3.63, 3.8) is 0 Å². The molecule has 1 aromatic carbocycles. The van der Waals surface area contributed by atoms with Gasteiger partial charge < -0.3 is 0 Å². The normalized spacial score (nSPS) is 11.6. The van der Waals surface area contributed by atoms with Gasteiger partial charge in [0.05, 0.1) is 10.4 Å². The lowest BCUT2D eigenvalue weighted by molar-refractivity contribution is 0.601. The first-order chi connectivity index (χ1) is 9.17. The number of H-pyrrole nitrogens is 1. The van der Waals surface area contributed by atoms with E-state index < -0.39 is 10.0 Å². The standard InChI is InChI=1S/C11H9N5O2S/c17-19(18,16-11-13-7-14-15-11)10-5-1-4-9-8(10)3-2-6-12-9/h1-7H,(H2,13,14,15,16). The highest BCUT2D eigenvalue weighted by Crippen LogP contribution is 2.22. The number of aromatic nitrogens is 4. The predicted octanol–water partition coefficient (Wildman–Crippen LogP) is 1.15. The van der Waals surface area contributed by atoms with E-state index in [1.165, 1.54) is 12.4 Å². The molecule has 3 aromatic rings. The van der Waals surface area contributed by atoms with Crippen molar-refractivity contribution in [2.24, 2.45) is 0 Å². The first-order valence-corrected chi connectivity index (χ1v) is 6.87. The van der Waals surface area contributed by atoms with Gasteiger partial charge in [0.2, 0.25) is 5.95 Å². The van der Waals surface area contributed by atoms with Crippen LogP contribution < -0.4 is 4.72 Å². The Morgan fingerprint density at radius 1 is 1.11 bits per heavy atom. The zero-order valence-corrected chi connectivity index (χ0v) is 10.4. The number of nitrogens with zero attached hydrogens (tertiary/aromatic N) is 3. The van der Waals surface area contributed by atoms with Gasteiger partial charge in [0, 0.05) is 11.6 Å². The van der Waals surface area contributed by atoms with E-state index in [1.807, 2.05) is 0 Å². The summed E-state index contributed by atoms with van der Waals surface area (Å²) in [7, 11) is -3.73. The second-order valence-electron chi connectivity index (χ2n) is 3.77. The van der Waals surface area contributed by atoms with E-state index in [2.05, 4.69) is 24.9 Å². The van der Waals surface area contributed by atoms with Gasteiger partial charge in [0.15, 0.2) is 0 Å². The van der Waals surface area contributed by atoms with Crippen molar-refractivity contribution >= 4 is 26.9 Å². The monoisotopic (exact) mass is 275 g/mol. The third-order valence-electron chi connectivity index (χ3n) is 2.54. The molecule has 0 aliphatic carbocycles. The van der Waals surface area contributed by atoms with E-state index in [0.717, 1.165) is 0 Å². The SMILES string of the molecule is O=S(=O)(Nc1ncn[nH]1)c1cccc2ncccc12. The summed E-state index contributed by atoms with van der Waals surface area (Å²) in [5.74, 6) is 0.0703. The van der Waals surface area contributed by atoms with Crippen LogP contribution in [-0.4, -0.2) is 28.6 Å².